The van der Waals surface area contributed by atoms with Crippen LogP contribution in [0, 0.1) is 0 Å². The van der Waals surface area contributed by atoms with Gasteiger partial charge in [0, 0.05) is 19.6 Å². The summed E-state index contributed by atoms with van der Waals surface area (Å²) in [5.74, 6) is 0.181. The maximum absolute atomic E-state index is 12.6. The number of carbonyl (C=O) groups excluding carboxylic acids is 1. The predicted octanol–water partition coefficient (Wildman–Crippen LogP) is 1.36. The highest BCUT2D eigenvalue weighted by molar-refractivity contribution is 5.86. The highest BCUT2D eigenvalue weighted by Crippen LogP contribution is 2.30. The van der Waals surface area contributed by atoms with Gasteiger partial charge in [-0.15, -0.1) is 0 Å². The minimum atomic E-state index is -0.566. The first kappa shape index (κ1) is 16.2. The Morgan fingerprint density at radius 3 is 2.32 bits per heavy atom. The van der Waals surface area contributed by atoms with Gasteiger partial charge in [-0.3, -0.25) is 4.79 Å². The van der Waals surface area contributed by atoms with E-state index in [0.717, 1.165) is 64.8 Å². The fourth-order valence-electron chi connectivity index (χ4n) is 4.11. The number of ether oxygens (including phenoxy) is 1. The Morgan fingerprint density at radius 1 is 1.05 bits per heavy atom. The molecule has 3 rings (SSSR count). The van der Waals surface area contributed by atoms with Gasteiger partial charge < -0.3 is 20.3 Å². The summed E-state index contributed by atoms with van der Waals surface area (Å²) in [6.45, 7) is 5.98. The smallest absolute Gasteiger partial charge is 0.242 e. The van der Waals surface area contributed by atoms with E-state index in [4.69, 9.17) is 10.5 Å². The summed E-state index contributed by atoms with van der Waals surface area (Å²) in [5.41, 5.74) is 5.72. The molecule has 2 N–H and O–H groups in total. The molecule has 1 saturated carbocycles. The zero-order chi connectivity index (χ0) is 15.4. The van der Waals surface area contributed by atoms with Crippen LogP contribution in [0.1, 0.15) is 51.4 Å². The number of likely N-dealkylation sites (tertiary alicyclic amines) is 2. The van der Waals surface area contributed by atoms with Gasteiger partial charge >= 0.3 is 0 Å². The maximum Gasteiger partial charge on any atom is 0.242 e. The van der Waals surface area contributed by atoms with E-state index in [-0.39, 0.29) is 5.91 Å². The molecule has 3 aliphatic rings. The Morgan fingerprint density at radius 2 is 1.68 bits per heavy atom. The molecule has 0 unspecified atom stereocenters. The minimum absolute atomic E-state index is 0.181. The van der Waals surface area contributed by atoms with Crippen molar-refractivity contribution in [1.82, 2.24) is 9.80 Å². The summed E-state index contributed by atoms with van der Waals surface area (Å²) >= 11 is 0. The van der Waals surface area contributed by atoms with Crippen molar-refractivity contribution in [3.8, 4) is 0 Å². The topological polar surface area (TPSA) is 58.8 Å². The van der Waals surface area contributed by atoms with Crippen molar-refractivity contribution in [1.29, 1.82) is 0 Å². The molecule has 126 valence electrons. The van der Waals surface area contributed by atoms with Gasteiger partial charge in [0.1, 0.15) is 0 Å². The standard InChI is InChI=1S/C17H31N3O2/c18-17(7-1-2-8-17)16(21)20-11-5-15(6-12-20)22-14-13-19-9-3-4-10-19/h15H,1-14,18H2. The van der Waals surface area contributed by atoms with Gasteiger partial charge in [0.25, 0.3) is 0 Å². The molecule has 22 heavy (non-hydrogen) atoms. The van der Waals surface area contributed by atoms with Crippen molar-refractivity contribution >= 4 is 5.91 Å². The molecule has 5 heteroatoms. The van der Waals surface area contributed by atoms with Crippen LogP contribution in [0.3, 0.4) is 0 Å². The molecule has 0 spiro atoms. The van der Waals surface area contributed by atoms with Gasteiger partial charge in [0.15, 0.2) is 0 Å². The molecule has 0 aromatic carbocycles. The first-order chi connectivity index (χ1) is 10.7. The average Bonchev–Trinajstić information content (AvgIpc) is 3.20. The van der Waals surface area contributed by atoms with Gasteiger partial charge in [-0.1, -0.05) is 12.8 Å². The van der Waals surface area contributed by atoms with E-state index in [1.165, 1.54) is 25.9 Å². The van der Waals surface area contributed by atoms with Crippen molar-refractivity contribution in [3.63, 3.8) is 0 Å². The van der Waals surface area contributed by atoms with Crippen LogP contribution in [0.15, 0.2) is 0 Å². The first-order valence-corrected chi connectivity index (χ1v) is 9.10. The first-order valence-electron chi connectivity index (χ1n) is 9.10. The third-order valence-corrected chi connectivity index (χ3v) is 5.61. The molecule has 1 aliphatic carbocycles. The molecule has 2 aliphatic heterocycles. The Hall–Kier alpha value is -0.650. The molecule has 2 heterocycles. The van der Waals surface area contributed by atoms with E-state index in [9.17, 15) is 4.79 Å². The number of nitrogens with zero attached hydrogens (tertiary/aromatic N) is 2. The number of hydrogen-bond donors (Lipinski definition) is 1. The van der Waals surface area contributed by atoms with E-state index in [2.05, 4.69) is 4.90 Å². The molecule has 0 aromatic rings. The quantitative estimate of drug-likeness (QED) is 0.833. The van der Waals surface area contributed by atoms with Gasteiger partial charge in [0.05, 0.1) is 18.2 Å². The Labute approximate surface area is 134 Å². The third kappa shape index (κ3) is 3.81. The molecule has 3 fully saturated rings. The molecule has 0 radical (unpaired) electrons. The lowest BCUT2D eigenvalue weighted by Gasteiger charge is -2.36. The van der Waals surface area contributed by atoms with E-state index >= 15 is 0 Å². The lowest BCUT2D eigenvalue weighted by Crippen LogP contribution is -2.55. The molecular formula is C17H31N3O2. The number of carbonyl (C=O) groups is 1. The van der Waals surface area contributed by atoms with Crippen LogP contribution in [0.2, 0.25) is 0 Å². The highest BCUT2D eigenvalue weighted by Gasteiger charge is 2.40. The molecule has 1 amide bonds. The second-order valence-corrected chi connectivity index (χ2v) is 7.27. The van der Waals surface area contributed by atoms with Crippen LogP contribution in [0.5, 0.6) is 0 Å². The number of rotatable bonds is 5. The summed E-state index contributed by atoms with van der Waals surface area (Å²) in [5, 5.41) is 0. The van der Waals surface area contributed by atoms with Crippen LogP contribution in [-0.4, -0.2) is 66.7 Å². The second kappa shape index (κ2) is 7.28. The van der Waals surface area contributed by atoms with E-state index in [0.29, 0.717) is 6.10 Å². The molecule has 5 nitrogen and oxygen atoms in total. The van der Waals surface area contributed by atoms with Crippen molar-refractivity contribution < 1.29 is 9.53 Å². The summed E-state index contributed by atoms with van der Waals surface area (Å²) in [4.78, 5) is 17.0. The molecule has 2 saturated heterocycles. The summed E-state index contributed by atoms with van der Waals surface area (Å²) < 4.78 is 6.01. The van der Waals surface area contributed by atoms with Crippen LogP contribution < -0.4 is 5.73 Å². The van der Waals surface area contributed by atoms with Crippen LogP contribution in [0.4, 0.5) is 0 Å². The summed E-state index contributed by atoms with van der Waals surface area (Å²) in [6.07, 6.45) is 8.82. The lowest BCUT2D eigenvalue weighted by molar-refractivity contribution is -0.139. The fourth-order valence-corrected chi connectivity index (χ4v) is 4.11. The zero-order valence-electron chi connectivity index (χ0n) is 13.8. The lowest BCUT2D eigenvalue weighted by atomic mass is 9.95. The van der Waals surface area contributed by atoms with Crippen molar-refractivity contribution in [2.75, 3.05) is 39.3 Å². The van der Waals surface area contributed by atoms with Gasteiger partial charge in [0.2, 0.25) is 5.91 Å². The van der Waals surface area contributed by atoms with E-state index in [1.807, 2.05) is 4.90 Å². The largest absolute Gasteiger partial charge is 0.377 e. The molecular weight excluding hydrogens is 278 g/mol. The normalized spacial score (nSPS) is 26.7. The van der Waals surface area contributed by atoms with Gasteiger partial charge in [-0.05, 0) is 51.6 Å². The van der Waals surface area contributed by atoms with E-state index < -0.39 is 5.54 Å². The minimum Gasteiger partial charge on any atom is -0.377 e. The van der Waals surface area contributed by atoms with Gasteiger partial charge in [-0.2, -0.15) is 0 Å². The van der Waals surface area contributed by atoms with Crippen molar-refractivity contribution in [2.24, 2.45) is 5.73 Å². The van der Waals surface area contributed by atoms with Crippen molar-refractivity contribution in [2.45, 2.75) is 63.0 Å². The van der Waals surface area contributed by atoms with Crippen LogP contribution in [0.25, 0.3) is 0 Å². The number of amides is 1. The number of piperidine rings is 1. The van der Waals surface area contributed by atoms with Crippen LogP contribution in [-0.2, 0) is 9.53 Å². The maximum atomic E-state index is 12.6. The highest BCUT2D eigenvalue weighted by atomic mass is 16.5. The van der Waals surface area contributed by atoms with Gasteiger partial charge in [-0.25, -0.2) is 0 Å². The average molecular weight is 309 g/mol. The van der Waals surface area contributed by atoms with E-state index in [1.54, 1.807) is 0 Å². The fraction of sp³-hybridized carbons (Fsp3) is 0.941. The number of hydrogen-bond acceptors (Lipinski definition) is 4. The predicted molar refractivity (Wildman–Crippen MR) is 86.6 cm³/mol. The molecule has 0 atom stereocenters. The third-order valence-electron chi connectivity index (χ3n) is 5.61. The SMILES string of the molecule is NC1(C(=O)N2CCC(OCCN3CCCC3)CC2)CCCC1. The van der Waals surface area contributed by atoms with Crippen molar-refractivity contribution in [3.05, 3.63) is 0 Å². The monoisotopic (exact) mass is 309 g/mol. The summed E-state index contributed by atoms with van der Waals surface area (Å²) in [6, 6.07) is 0. The second-order valence-electron chi connectivity index (χ2n) is 7.27. The Bertz CT molecular complexity index is 368. The molecule has 0 aromatic heterocycles. The Kier molecular flexibility index (Phi) is 5.37. The Balaban J connectivity index is 1.36. The zero-order valence-corrected chi connectivity index (χ0v) is 13.8. The molecule has 0 bridgehead atoms. The summed E-state index contributed by atoms with van der Waals surface area (Å²) in [7, 11) is 0. The van der Waals surface area contributed by atoms with Crippen LogP contribution >= 0.6 is 0 Å². The number of nitrogens with two attached hydrogens (primary N) is 1.